The zero-order chi connectivity index (χ0) is 10.7. The monoisotopic (exact) mass is 234 g/mol. The molecule has 0 aliphatic rings. The highest BCUT2D eigenvalue weighted by Gasteiger charge is 2.23. The zero-order valence-corrected chi connectivity index (χ0v) is 8.59. The molecule has 0 aromatic carbocycles. The van der Waals surface area contributed by atoms with Gasteiger partial charge >= 0.3 is 5.97 Å². The highest BCUT2D eigenvalue weighted by Crippen LogP contribution is 2.30. The minimum absolute atomic E-state index is 0.0568. The van der Waals surface area contributed by atoms with Gasteiger partial charge in [-0.15, -0.1) is 0 Å². The molecule has 0 bridgehead atoms. The highest BCUT2D eigenvalue weighted by molar-refractivity contribution is 6.36. The molecule has 1 aromatic heterocycles. The minimum atomic E-state index is -1.05. The van der Waals surface area contributed by atoms with Crippen LogP contribution < -0.4 is 5.73 Å². The second-order valence-electron chi connectivity index (χ2n) is 2.64. The third kappa shape index (κ3) is 2.15. The number of hydrogen-bond donors (Lipinski definition) is 2. The second-order valence-corrected chi connectivity index (χ2v) is 3.46. The van der Waals surface area contributed by atoms with Crippen LogP contribution in [0.4, 0.5) is 0 Å². The van der Waals surface area contributed by atoms with Gasteiger partial charge in [-0.2, -0.15) is 0 Å². The summed E-state index contributed by atoms with van der Waals surface area (Å²) in [5.74, 6) is -1.94. The number of rotatable bonds is 3. The van der Waals surface area contributed by atoms with Crippen LogP contribution in [-0.4, -0.2) is 22.6 Å². The average Bonchev–Trinajstić information content (AvgIpc) is 2.10. The van der Waals surface area contributed by atoms with Crippen molar-refractivity contribution in [2.75, 3.05) is 6.54 Å². The summed E-state index contributed by atoms with van der Waals surface area (Å²) >= 11 is 11.6. The molecule has 1 rings (SSSR count). The van der Waals surface area contributed by atoms with Crippen molar-refractivity contribution in [2.24, 2.45) is 5.73 Å². The molecule has 0 aliphatic heterocycles. The van der Waals surface area contributed by atoms with Crippen LogP contribution in [0.5, 0.6) is 0 Å². The number of nitrogens with zero attached hydrogens (tertiary/aromatic N) is 1. The second kappa shape index (κ2) is 4.59. The fourth-order valence-corrected chi connectivity index (χ4v) is 1.72. The molecular formula is C8H8Cl2N2O2. The molecule has 0 saturated carbocycles. The van der Waals surface area contributed by atoms with E-state index in [1.165, 1.54) is 12.4 Å². The first kappa shape index (κ1) is 11.2. The van der Waals surface area contributed by atoms with Gasteiger partial charge in [0.05, 0.1) is 16.0 Å². The summed E-state index contributed by atoms with van der Waals surface area (Å²) in [5.41, 5.74) is 5.64. The Bertz CT molecular complexity index is 337. The van der Waals surface area contributed by atoms with Crippen molar-refractivity contribution >= 4 is 29.2 Å². The Hall–Kier alpha value is -0.840. The number of carboxylic acid groups (broad SMARTS) is 1. The summed E-state index contributed by atoms with van der Waals surface area (Å²) in [7, 11) is 0. The summed E-state index contributed by atoms with van der Waals surface area (Å²) in [5, 5.41) is 9.29. The molecule has 1 aromatic rings. The van der Waals surface area contributed by atoms with E-state index in [9.17, 15) is 4.79 Å². The standard InChI is InChI=1S/C8H8Cl2N2O2/c9-5-2-12-3-6(10)7(5)4(1-11)8(13)14/h2-4H,1,11H2,(H,13,14). The van der Waals surface area contributed by atoms with E-state index in [-0.39, 0.29) is 16.6 Å². The predicted octanol–water partition coefficient (Wildman–Crippen LogP) is 1.52. The van der Waals surface area contributed by atoms with Crippen LogP contribution in [-0.2, 0) is 4.79 Å². The van der Waals surface area contributed by atoms with Gasteiger partial charge in [-0.25, -0.2) is 0 Å². The lowest BCUT2D eigenvalue weighted by molar-refractivity contribution is -0.138. The number of carbonyl (C=O) groups is 1. The molecule has 0 fully saturated rings. The largest absolute Gasteiger partial charge is 0.481 e. The van der Waals surface area contributed by atoms with Crippen molar-refractivity contribution in [2.45, 2.75) is 5.92 Å². The number of carboxylic acids is 1. The molecule has 6 heteroatoms. The van der Waals surface area contributed by atoms with Crippen molar-refractivity contribution in [3.05, 3.63) is 28.0 Å². The van der Waals surface area contributed by atoms with Crippen molar-refractivity contribution < 1.29 is 9.90 Å². The van der Waals surface area contributed by atoms with Gasteiger partial charge < -0.3 is 10.8 Å². The first-order valence-electron chi connectivity index (χ1n) is 3.79. The zero-order valence-electron chi connectivity index (χ0n) is 7.08. The lowest BCUT2D eigenvalue weighted by Crippen LogP contribution is -2.21. The number of aliphatic carboxylic acids is 1. The topological polar surface area (TPSA) is 76.2 Å². The normalized spacial score (nSPS) is 12.5. The molecule has 0 radical (unpaired) electrons. The molecule has 0 aliphatic carbocycles. The van der Waals surface area contributed by atoms with Crippen molar-refractivity contribution in [1.29, 1.82) is 0 Å². The van der Waals surface area contributed by atoms with E-state index in [4.69, 9.17) is 34.0 Å². The predicted molar refractivity (Wildman–Crippen MR) is 53.7 cm³/mol. The molecule has 1 heterocycles. The van der Waals surface area contributed by atoms with Crippen molar-refractivity contribution in [3.63, 3.8) is 0 Å². The fourth-order valence-electron chi connectivity index (χ4n) is 1.10. The highest BCUT2D eigenvalue weighted by atomic mass is 35.5. The van der Waals surface area contributed by atoms with E-state index >= 15 is 0 Å². The van der Waals surface area contributed by atoms with Crippen LogP contribution >= 0.6 is 23.2 Å². The van der Waals surface area contributed by atoms with Crippen LogP contribution in [0, 0.1) is 0 Å². The third-order valence-electron chi connectivity index (χ3n) is 1.77. The maximum absolute atomic E-state index is 10.8. The quantitative estimate of drug-likeness (QED) is 0.832. The number of hydrogen-bond acceptors (Lipinski definition) is 3. The van der Waals surface area contributed by atoms with E-state index in [2.05, 4.69) is 4.98 Å². The maximum atomic E-state index is 10.8. The molecule has 14 heavy (non-hydrogen) atoms. The fraction of sp³-hybridized carbons (Fsp3) is 0.250. The SMILES string of the molecule is NCC(C(=O)O)c1c(Cl)cncc1Cl. The Morgan fingerprint density at radius 1 is 1.50 bits per heavy atom. The molecule has 4 nitrogen and oxygen atoms in total. The molecule has 0 amide bonds. The van der Waals surface area contributed by atoms with Crippen molar-refractivity contribution in [1.82, 2.24) is 4.98 Å². The van der Waals surface area contributed by atoms with Crippen LogP contribution in [0.15, 0.2) is 12.4 Å². The number of halogens is 2. The lowest BCUT2D eigenvalue weighted by Gasteiger charge is -2.12. The van der Waals surface area contributed by atoms with E-state index in [1.54, 1.807) is 0 Å². The summed E-state index contributed by atoms with van der Waals surface area (Å²) in [6.45, 7) is -0.0568. The van der Waals surface area contributed by atoms with Gasteiger partial charge in [-0.3, -0.25) is 9.78 Å². The van der Waals surface area contributed by atoms with Gasteiger partial charge in [-0.05, 0) is 0 Å². The smallest absolute Gasteiger partial charge is 0.312 e. The molecule has 1 atom stereocenters. The van der Waals surface area contributed by atoms with E-state index < -0.39 is 11.9 Å². The van der Waals surface area contributed by atoms with Gasteiger partial charge in [0.25, 0.3) is 0 Å². The molecule has 1 unspecified atom stereocenters. The summed E-state index contributed by atoms with van der Waals surface area (Å²) in [6.07, 6.45) is 2.68. The van der Waals surface area contributed by atoms with Gasteiger partial charge in [0.1, 0.15) is 0 Å². The molecule has 0 saturated heterocycles. The lowest BCUT2D eigenvalue weighted by atomic mass is 10.0. The van der Waals surface area contributed by atoms with Crippen LogP contribution in [0.1, 0.15) is 11.5 Å². The van der Waals surface area contributed by atoms with E-state index in [1.807, 2.05) is 0 Å². The summed E-state index contributed by atoms with van der Waals surface area (Å²) < 4.78 is 0. The number of pyridine rings is 1. The summed E-state index contributed by atoms with van der Waals surface area (Å²) in [6, 6.07) is 0. The van der Waals surface area contributed by atoms with Crippen LogP contribution in [0.2, 0.25) is 10.0 Å². The number of aromatic nitrogens is 1. The van der Waals surface area contributed by atoms with Crippen LogP contribution in [0.3, 0.4) is 0 Å². The Kier molecular flexibility index (Phi) is 3.69. The Morgan fingerprint density at radius 3 is 2.36 bits per heavy atom. The Labute approximate surface area is 90.6 Å². The van der Waals surface area contributed by atoms with Gasteiger partial charge in [0.15, 0.2) is 0 Å². The molecule has 0 spiro atoms. The molecule has 76 valence electrons. The first-order valence-corrected chi connectivity index (χ1v) is 4.55. The summed E-state index contributed by atoms with van der Waals surface area (Å²) in [4.78, 5) is 14.5. The van der Waals surface area contributed by atoms with Gasteiger partial charge in [-0.1, -0.05) is 23.2 Å². The molecular weight excluding hydrogens is 227 g/mol. The Morgan fingerprint density at radius 2 is 2.00 bits per heavy atom. The van der Waals surface area contributed by atoms with Crippen molar-refractivity contribution in [3.8, 4) is 0 Å². The van der Waals surface area contributed by atoms with E-state index in [0.717, 1.165) is 0 Å². The third-order valence-corrected chi connectivity index (χ3v) is 2.38. The average molecular weight is 235 g/mol. The van der Waals surface area contributed by atoms with E-state index in [0.29, 0.717) is 5.56 Å². The Balaban J connectivity index is 3.22. The van der Waals surface area contributed by atoms with Gasteiger partial charge in [0, 0.05) is 24.5 Å². The maximum Gasteiger partial charge on any atom is 0.312 e. The van der Waals surface area contributed by atoms with Crippen LogP contribution in [0.25, 0.3) is 0 Å². The minimum Gasteiger partial charge on any atom is -0.481 e. The molecule has 3 N–H and O–H groups in total. The first-order chi connectivity index (χ1) is 6.57. The number of nitrogens with two attached hydrogens (primary N) is 1. The van der Waals surface area contributed by atoms with Gasteiger partial charge in [0.2, 0.25) is 0 Å².